The van der Waals surface area contributed by atoms with E-state index < -0.39 is 27.9 Å². The Bertz CT molecular complexity index is 1480. The standard InChI is InChI=1S/C35H45N3O6S/c1-43-31-22-21-29(26-32(31)44-2)45(41,42)38-25-13-20-30(34(39)36-23-11-9-18-27-14-5-3-6-15-27)33(38)35(40)37-24-12-10-19-28-16-7-4-8-17-28/h3-8,14-17,21-22,26,30,33H,9-13,18-20,23-25H2,1-2H3,(H,36,39)(H,37,40). The van der Waals surface area contributed by atoms with Crippen LogP contribution in [0.2, 0.25) is 0 Å². The summed E-state index contributed by atoms with van der Waals surface area (Å²) in [5.41, 5.74) is 2.47. The fourth-order valence-corrected chi connectivity index (χ4v) is 7.47. The Morgan fingerprint density at radius 1 is 0.756 bits per heavy atom. The predicted octanol–water partition coefficient (Wildman–Crippen LogP) is 4.75. The molecule has 1 heterocycles. The number of piperidine rings is 1. The van der Waals surface area contributed by atoms with Gasteiger partial charge in [-0.3, -0.25) is 9.59 Å². The molecule has 4 rings (SSSR count). The monoisotopic (exact) mass is 635 g/mol. The lowest BCUT2D eigenvalue weighted by Gasteiger charge is -2.38. The third-order valence-electron chi connectivity index (χ3n) is 8.22. The van der Waals surface area contributed by atoms with Crippen molar-refractivity contribution < 1.29 is 27.5 Å². The van der Waals surface area contributed by atoms with Crippen molar-refractivity contribution in [1.29, 1.82) is 0 Å². The zero-order valence-corrected chi connectivity index (χ0v) is 27.1. The first kappa shape index (κ1) is 34.0. The first-order chi connectivity index (χ1) is 21.8. The summed E-state index contributed by atoms with van der Waals surface area (Å²) in [4.78, 5) is 27.2. The van der Waals surface area contributed by atoms with Gasteiger partial charge in [-0.2, -0.15) is 4.31 Å². The Hall–Kier alpha value is -3.89. The first-order valence-corrected chi connectivity index (χ1v) is 17.2. The highest BCUT2D eigenvalue weighted by molar-refractivity contribution is 7.89. The molecule has 3 aromatic rings. The molecule has 0 saturated carbocycles. The molecule has 2 N–H and O–H groups in total. The number of ether oxygens (including phenoxy) is 2. The molecule has 0 spiro atoms. The number of unbranched alkanes of at least 4 members (excludes halogenated alkanes) is 2. The van der Waals surface area contributed by atoms with E-state index in [1.165, 1.54) is 47.9 Å². The van der Waals surface area contributed by atoms with Crippen LogP contribution < -0.4 is 20.1 Å². The summed E-state index contributed by atoms with van der Waals surface area (Å²) in [5, 5.41) is 5.93. The Balaban J connectivity index is 1.45. The zero-order valence-electron chi connectivity index (χ0n) is 26.2. The second kappa shape index (κ2) is 17.0. The molecular formula is C35H45N3O6S. The summed E-state index contributed by atoms with van der Waals surface area (Å²) in [6, 6.07) is 23.5. The Morgan fingerprint density at radius 3 is 1.87 bits per heavy atom. The van der Waals surface area contributed by atoms with Gasteiger partial charge in [0.1, 0.15) is 6.04 Å². The number of hydrogen-bond acceptors (Lipinski definition) is 6. The molecule has 0 radical (unpaired) electrons. The summed E-state index contributed by atoms with van der Waals surface area (Å²) in [5.74, 6) is -0.912. The Labute approximate surface area is 267 Å². The second-order valence-electron chi connectivity index (χ2n) is 11.3. The van der Waals surface area contributed by atoms with Crippen molar-refractivity contribution in [2.45, 2.75) is 62.3 Å². The van der Waals surface area contributed by atoms with Crippen LogP contribution in [0.5, 0.6) is 11.5 Å². The van der Waals surface area contributed by atoms with E-state index in [-0.39, 0.29) is 23.1 Å². The lowest BCUT2D eigenvalue weighted by Crippen LogP contribution is -2.59. The Morgan fingerprint density at radius 2 is 1.31 bits per heavy atom. The highest BCUT2D eigenvalue weighted by Gasteiger charge is 2.46. The molecule has 242 valence electrons. The van der Waals surface area contributed by atoms with Crippen molar-refractivity contribution in [3.63, 3.8) is 0 Å². The smallest absolute Gasteiger partial charge is 0.243 e. The predicted molar refractivity (Wildman–Crippen MR) is 175 cm³/mol. The van der Waals surface area contributed by atoms with Gasteiger partial charge in [0, 0.05) is 25.7 Å². The summed E-state index contributed by atoms with van der Waals surface area (Å²) in [6.07, 6.45) is 5.95. The highest BCUT2D eigenvalue weighted by Crippen LogP contribution is 2.34. The summed E-state index contributed by atoms with van der Waals surface area (Å²) >= 11 is 0. The molecule has 1 aliphatic rings. The summed E-state index contributed by atoms with van der Waals surface area (Å²) in [6.45, 7) is 0.974. The van der Waals surface area contributed by atoms with Gasteiger partial charge in [-0.1, -0.05) is 60.7 Å². The number of carbonyl (C=O) groups excluding carboxylic acids is 2. The van der Waals surface area contributed by atoms with Gasteiger partial charge in [-0.15, -0.1) is 0 Å². The molecule has 2 atom stereocenters. The quantitative estimate of drug-likeness (QED) is 0.220. The zero-order chi connectivity index (χ0) is 32.1. The molecule has 45 heavy (non-hydrogen) atoms. The van der Waals surface area contributed by atoms with Crippen molar-refractivity contribution >= 4 is 21.8 Å². The van der Waals surface area contributed by atoms with Gasteiger partial charge in [-0.05, 0) is 74.6 Å². The molecule has 0 aromatic heterocycles. The maximum absolute atomic E-state index is 14.0. The van der Waals surface area contributed by atoms with Gasteiger partial charge in [-0.25, -0.2) is 8.42 Å². The van der Waals surface area contributed by atoms with Crippen molar-refractivity contribution in [3.8, 4) is 11.5 Å². The number of nitrogens with zero attached hydrogens (tertiary/aromatic N) is 1. The van der Waals surface area contributed by atoms with E-state index >= 15 is 0 Å². The molecule has 1 aliphatic heterocycles. The molecule has 9 nitrogen and oxygen atoms in total. The van der Waals surface area contributed by atoms with Crippen LogP contribution in [0.1, 0.15) is 49.7 Å². The van der Waals surface area contributed by atoms with Crippen LogP contribution in [0, 0.1) is 5.92 Å². The van der Waals surface area contributed by atoms with Gasteiger partial charge in [0.25, 0.3) is 0 Å². The maximum atomic E-state index is 14.0. The SMILES string of the molecule is COc1ccc(S(=O)(=O)N2CCCC(C(=O)NCCCCc3ccccc3)C2C(=O)NCCCCc2ccccc2)cc1OC. The number of nitrogens with one attached hydrogen (secondary N) is 2. The minimum atomic E-state index is -4.15. The number of methoxy groups -OCH3 is 2. The maximum Gasteiger partial charge on any atom is 0.243 e. The number of benzene rings is 3. The van der Waals surface area contributed by atoms with Gasteiger partial charge in [0.2, 0.25) is 21.8 Å². The minimum absolute atomic E-state index is 0.0252. The van der Waals surface area contributed by atoms with Crippen LogP contribution in [0.3, 0.4) is 0 Å². The molecule has 10 heteroatoms. The van der Waals surface area contributed by atoms with Crippen LogP contribution in [0.4, 0.5) is 0 Å². The second-order valence-corrected chi connectivity index (χ2v) is 13.2. The number of hydrogen-bond donors (Lipinski definition) is 2. The average Bonchev–Trinajstić information content (AvgIpc) is 3.08. The van der Waals surface area contributed by atoms with E-state index in [4.69, 9.17) is 9.47 Å². The van der Waals surface area contributed by atoms with Crippen LogP contribution in [-0.2, 0) is 32.5 Å². The third kappa shape index (κ3) is 9.31. The third-order valence-corrected chi connectivity index (χ3v) is 10.1. The van der Waals surface area contributed by atoms with Crippen molar-refractivity contribution in [1.82, 2.24) is 14.9 Å². The largest absolute Gasteiger partial charge is 0.493 e. The molecule has 1 saturated heterocycles. The van der Waals surface area contributed by atoms with Crippen LogP contribution >= 0.6 is 0 Å². The van der Waals surface area contributed by atoms with Crippen molar-refractivity contribution in [3.05, 3.63) is 90.0 Å². The van der Waals surface area contributed by atoms with E-state index in [0.29, 0.717) is 31.7 Å². The molecule has 0 aliphatic carbocycles. The highest BCUT2D eigenvalue weighted by atomic mass is 32.2. The average molecular weight is 636 g/mol. The molecule has 3 aromatic carbocycles. The van der Waals surface area contributed by atoms with Crippen LogP contribution in [-0.4, -0.2) is 64.4 Å². The van der Waals surface area contributed by atoms with Gasteiger partial charge >= 0.3 is 0 Å². The van der Waals surface area contributed by atoms with Gasteiger partial charge < -0.3 is 20.1 Å². The minimum Gasteiger partial charge on any atom is -0.493 e. The molecule has 0 bridgehead atoms. The van der Waals surface area contributed by atoms with Gasteiger partial charge in [0.05, 0.1) is 25.0 Å². The molecule has 2 amide bonds. The lowest BCUT2D eigenvalue weighted by molar-refractivity contribution is -0.136. The number of aryl methyl sites for hydroxylation is 2. The van der Waals surface area contributed by atoms with Gasteiger partial charge in [0.15, 0.2) is 11.5 Å². The number of rotatable bonds is 16. The van der Waals surface area contributed by atoms with E-state index in [9.17, 15) is 18.0 Å². The summed E-state index contributed by atoms with van der Waals surface area (Å²) in [7, 11) is -1.25. The number of carbonyl (C=O) groups is 2. The van der Waals surface area contributed by atoms with E-state index in [0.717, 1.165) is 38.5 Å². The van der Waals surface area contributed by atoms with Crippen LogP contribution in [0.25, 0.3) is 0 Å². The van der Waals surface area contributed by atoms with Crippen molar-refractivity contribution in [2.24, 2.45) is 5.92 Å². The molecular weight excluding hydrogens is 590 g/mol. The first-order valence-electron chi connectivity index (χ1n) is 15.7. The number of sulfonamides is 1. The molecule has 1 fully saturated rings. The van der Waals surface area contributed by atoms with E-state index in [1.807, 2.05) is 36.4 Å². The molecule has 2 unspecified atom stereocenters. The number of amides is 2. The summed E-state index contributed by atoms with van der Waals surface area (Å²) < 4.78 is 39.9. The fourth-order valence-electron chi connectivity index (χ4n) is 5.79. The van der Waals surface area contributed by atoms with E-state index in [1.54, 1.807) is 0 Å². The Kier molecular flexibility index (Phi) is 12.8. The normalized spacial score (nSPS) is 16.9. The fraction of sp³-hybridized carbons (Fsp3) is 0.429. The van der Waals surface area contributed by atoms with E-state index in [2.05, 4.69) is 34.9 Å². The lowest BCUT2D eigenvalue weighted by atomic mass is 9.89. The topological polar surface area (TPSA) is 114 Å². The van der Waals surface area contributed by atoms with Crippen molar-refractivity contribution in [2.75, 3.05) is 33.9 Å². The van der Waals surface area contributed by atoms with Crippen LogP contribution in [0.15, 0.2) is 83.8 Å².